The number of amides is 1. The third-order valence-corrected chi connectivity index (χ3v) is 6.52. The van der Waals surface area contributed by atoms with Crippen LogP contribution in [0.15, 0.2) is 30.3 Å². The van der Waals surface area contributed by atoms with Crippen LogP contribution < -0.4 is 21.3 Å². The fourth-order valence-corrected chi connectivity index (χ4v) is 4.64. The van der Waals surface area contributed by atoms with Crippen molar-refractivity contribution < 1.29 is 18.7 Å². The number of nitrogens with zero attached hydrogens (tertiary/aromatic N) is 4. The maximum absolute atomic E-state index is 14.5. The molecule has 1 aliphatic heterocycles. The van der Waals surface area contributed by atoms with Crippen molar-refractivity contribution in [3.8, 4) is 0 Å². The maximum atomic E-state index is 14.5. The molecule has 1 aromatic carbocycles. The van der Waals surface area contributed by atoms with Crippen molar-refractivity contribution in [1.82, 2.24) is 25.3 Å². The van der Waals surface area contributed by atoms with Gasteiger partial charge in [-0.25, -0.2) is 24.1 Å². The first kappa shape index (κ1) is 24.4. The molecule has 192 valence electrons. The Labute approximate surface area is 211 Å². The lowest BCUT2D eigenvalue weighted by Crippen LogP contribution is -2.27. The number of pyridine rings is 1. The summed E-state index contributed by atoms with van der Waals surface area (Å²) in [6, 6.07) is 7.41. The molecule has 0 bridgehead atoms. The summed E-state index contributed by atoms with van der Waals surface area (Å²) in [5.41, 5.74) is 7.87. The quantitative estimate of drug-likeness (QED) is 0.277. The van der Waals surface area contributed by atoms with E-state index in [1.165, 1.54) is 31.4 Å². The number of H-pyrrole nitrogens is 1. The van der Waals surface area contributed by atoms with E-state index in [4.69, 9.17) is 10.7 Å². The van der Waals surface area contributed by atoms with Gasteiger partial charge in [0.15, 0.2) is 5.82 Å². The Morgan fingerprint density at radius 1 is 1.24 bits per heavy atom. The summed E-state index contributed by atoms with van der Waals surface area (Å²) in [6.45, 7) is 2.06. The van der Waals surface area contributed by atoms with Crippen LogP contribution in [0.4, 0.5) is 15.9 Å². The highest BCUT2D eigenvalue weighted by Crippen LogP contribution is 2.37. The molecule has 5 N–H and O–H groups in total. The molecule has 4 heterocycles. The van der Waals surface area contributed by atoms with Crippen molar-refractivity contribution in [2.45, 2.75) is 13.0 Å². The third kappa shape index (κ3) is 4.62. The van der Waals surface area contributed by atoms with Crippen LogP contribution in [-0.2, 0) is 11.3 Å². The van der Waals surface area contributed by atoms with Gasteiger partial charge in [0.05, 0.1) is 30.2 Å². The van der Waals surface area contributed by atoms with Crippen molar-refractivity contribution in [1.29, 1.82) is 0 Å². The van der Waals surface area contributed by atoms with E-state index in [0.717, 1.165) is 19.5 Å². The predicted molar refractivity (Wildman–Crippen MR) is 137 cm³/mol. The largest absolute Gasteiger partial charge is 0.464 e. The molecule has 0 spiro atoms. The Bertz CT molecular complexity index is 1500. The second-order valence-corrected chi connectivity index (χ2v) is 8.86. The minimum atomic E-state index is -0.634. The molecule has 1 aliphatic rings. The number of anilines is 2. The third-order valence-electron chi connectivity index (χ3n) is 6.52. The van der Waals surface area contributed by atoms with E-state index in [1.54, 1.807) is 13.1 Å². The normalized spacial score (nSPS) is 15.4. The summed E-state index contributed by atoms with van der Waals surface area (Å²) in [7, 11) is 2.97. The minimum Gasteiger partial charge on any atom is -0.464 e. The molecule has 1 fully saturated rings. The maximum Gasteiger partial charge on any atom is 0.356 e. The Kier molecular flexibility index (Phi) is 6.57. The van der Waals surface area contributed by atoms with E-state index in [2.05, 4.69) is 35.2 Å². The highest BCUT2D eigenvalue weighted by atomic mass is 19.1. The van der Waals surface area contributed by atoms with Gasteiger partial charge in [-0.05, 0) is 43.1 Å². The first-order valence-corrected chi connectivity index (χ1v) is 11.9. The zero-order valence-corrected chi connectivity index (χ0v) is 20.5. The lowest BCUT2D eigenvalue weighted by molar-refractivity contribution is 0.0594. The molecule has 12 heteroatoms. The number of nitrogens with two attached hydrogens (primary N) is 1. The number of esters is 1. The summed E-state index contributed by atoms with van der Waals surface area (Å²) in [4.78, 5) is 43.4. The number of aromatic amines is 1. The Morgan fingerprint density at radius 2 is 2.05 bits per heavy atom. The molecule has 0 aliphatic carbocycles. The first-order chi connectivity index (χ1) is 17.9. The number of aromatic nitrogens is 4. The van der Waals surface area contributed by atoms with Crippen molar-refractivity contribution >= 4 is 45.3 Å². The Balaban J connectivity index is 1.51. The molecule has 11 nitrogen and oxygen atoms in total. The summed E-state index contributed by atoms with van der Waals surface area (Å²) >= 11 is 0. The van der Waals surface area contributed by atoms with Gasteiger partial charge in [-0.15, -0.1) is 0 Å². The zero-order chi connectivity index (χ0) is 26.1. The van der Waals surface area contributed by atoms with Gasteiger partial charge in [0.2, 0.25) is 0 Å². The average Bonchev–Trinajstić information content (AvgIpc) is 3.55. The molecule has 1 unspecified atom stereocenters. The SMILES string of the molecule is CNc1cc(F)cc2c1[nH]c1nc(CNC(=O)c3cccc(C(=O)OC)n3)nc(N3CCC(CN)C3)c12. The highest BCUT2D eigenvalue weighted by Gasteiger charge is 2.27. The minimum absolute atomic E-state index is 0.0165. The van der Waals surface area contributed by atoms with Crippen molar-refractivity contribution in [2.24, 2.45) is 11.7 Å². The van der Waals surface area contributed by atoms with Crippen LogP contribution >= 0.6 is 0 Å². The Hall–Kier alpha value is -4.32. The number of hydrogen-bond donors (Lipinski definition) is 4. The van der Waals surface area contributed by atoms with Crippen molar-refractivity contribution in [3.63, 3.8) is 0 Å². The van der Waals surface area contributed by atoms with E-state index in [0.29, 0.717) is 51.7 Å². The van der Waals surface area contributed by atoms with E-state index < -0.39 is 11.9 Å². The standard InChI is InChI=1S/C25H27FN8O3/c1-28-18-9-14(26)8-15-20-22(33-21(15)18)31-19(32-23(20)34-7-6-13(10-27)12-34)11-29-24(35)16-4-3-5-17(30-16)25(36)37-2/h3-5,8-9,13,28H,6-7,10-12,27H2,1-2H3,(H,29,35)(H,31,32,33). The number of hydrogen-bond acceptors (Lipinski definition) is 9. The first-order valence-electron chi connectivity index (χ1n) is 11.9. The van der Waals surface area contributed by atoms with Crippen LogP contribution in [0.2, 0.25) is 0 Å². The number of methoxy groups -OCH3 is 1. The molecule has 1 saturated heterocycles. The fourth-order valence-electron chi connectivity index (χ4n) is 4.64. The van der Waals surface area contributed by atoms with Crippen LogP contribution in [-0.4, -0.2) is 65.6 Å². The van der Waals surface area contributed by atoms with Crippen molar-refractivity contribution in [2.75, 3.05) is 44.0 Å². The van der Waals surface area contributed by atoms with Gasteiger partial charge in [0.25, 0.3) is 5.91 Å². The molecule has 0 saturated carbocycles. The number of rotatable bonds is 7. The lowest BCUT2D eigenvalue weighted by Gasteiger charge is -2.19. The summed E-state index contributed by atoms with van der Waals surface area (Å²) < 4.78 is 19.1. The number of carbonyl (C=O) groups excluding carboxylic acids is 2. The molecule has 37 heavy (non-hydrogen) atoms. The van der Waals surface area contributed by atoms with Crippen molar-refractivity contribution in [3.05, 3.63) is 53.4 Å². The van der Waals surface area contributed by atoms with E-state index in [9.17, 15) is 14.0 Å². The van der Waals surface area contributed by atoms with Gasteiger partial charge in [-0.1, -0.05) is 6.07 Å². The summed E-state index contributed by atoms with van der Waals surface area (Å²) in [6.07, 6.45) is 0.925. The smallest absolute Gasteiger partial charge is 0.356 e. The molecular formula is C25H27FN8O3. The number of benzene rings is 1. The molecular weight excluding hydrogens is 479 g/mol. The molecule has 0 radical (unpaired) electrons. The number of fused-ring (bicyclic) bond motifs is 3. The average molecular weight is 507 g/mol. The molecule has 3 aromatic heterocycles. The molecule has 1 amide bonds. The fraction of sp³-hybridized carbons (Fsp3) is 0.320. The predicted octanol–water partition coefficient (Wildman–Crippen LogP) is 2.19. The monoisotopic (exact) mass is 506 g/mol. The van der Waals surface area contributed by atoms with Gasteiger partial charge >= 0.3 is 5.97 Å². The van der Waals surface area contributed by atoms with Crippen LogP contribution in [0.5, 0.6) is 0 Å². The summed E-state index contributed by atoms with van der Waals surface area (Å²) in [5, 5.41) is 7.17. The van der Waals surface area contributed by atoms with Gasteiger partial charge in [-0.2, -0.15) is 0 Å². The van der Waals surface area contributed by atoms with E-state index in [-0.39, 0.29) is 23.7 Å². The van der Waals surface area contributed by atoms with Gasteiger partial charge in [-0.3, -0.25) is 4.79 Å². The number of halogens is 1. The van der Waals surface area contributed by atoms with Gasteiger partial charge in [0.1, 0.15) is 28.7 Å². The summed E-state index contributed by atoms with van der Waals surface area (Å²) in [5.74, 6) is -0.134. The van der Waals surface area contributed by atoms with Crippen LogP contribution in [0.3, 0.4) is 0 Å². The number of carbonyl (C=O) groups is 2. The molecule has 4 aromatic rings. The van der Waals surface area contributed by atoms with Gasteiger partial charge in [0, 0.05) is 25.5 Å². The topological polar surface area (TPSA) is 151 Å². The number of ether oxygens (including phenoxy) is 1. The van der Waals surface area contributed by atoms with Crippen LogP contribution in [0.1, 0.15) is 33.2 Å². The van der Waals surface area contributed by atoms with E-state index >= 15 is 0 Å². The lowest BCUT2D eigenvalue weighted by atomic mass is 10.1. The highest BCUT2D eigenvalue weighted by molar-refractivity contribution is 6.14. The molecule has 5 rings (SSSR count). The van der Waals surface area contributed by atoms with Gasteiger partial charge < -0.3 is 31.0 Å². The number of nitrogens with one attached hydrogen (secondary N) is 3. The van der Waals surface area contributed by atoms with Crippen LogP contribution in [0, 0.1) is 11.7 Å². The van der Waals surface area contributed by atoms with E-state index in [1.807, 2.05) is 0 Å². The second kappa shape index (κ2) is 9.97. The Morgan fingerprint density at radius 3 is 2.78 bits per heavy atom. The van der Waals surface area contributed by atoms with Crippen LogP contribution in [0.25, 0.3) is 21.9 Å². The second-order valence-electron chi connectivity index (χ2n) is 8.86. The zero-order valence-electron chi connectivity index (χ0n) is 20.5. The molecule has 1 atom stereocenters.